The van der Waals surface area contributed by atoms with Crippen LogP contribution in [-0.4, -0.2) is 35.7 Å². The van der Waals surface area contributed by atoms with Crippen molar-refractivity contribution in [2.75, 3.05) is 12.0 Å². The molecule has 2 aliphatic heterocycles. The molecule has 2 aromatic carbocycles. The molecule has 0 saturated carbocycles. The normalized spacial score (nSPS) is 20.6. The van der Waals surface area contributed by atoms with Gasteiger partial charge in [0.15, 0.2) is 0 Å². The molecule has 9 nitrogen and oxygen atoms in total. The number of fused-ring (bicyclic) bond motifs is 1. The first kappa shape index (κ1) is 17.6. The molecule has 1 saturated heterocycles. The average molecular weight is 385 g/mol. The highest BCUT2D eigenvalue weighted by Gasteiger charge is 2.56. The van der Waals surface area contributed by atoms with E-state index in [0.717, 1.165) is 11.0 Å². The number of imide groups is 1. The molecule has 0 radical (unpaired) electrons. The average Bonchev–Trinajstić information content (AvgIpc) is 3.22. The van der Waals surface area contributed by atoms with E-state index < -0.39 is 34.6 Å². The summed E-state index contributed by atoms with van der Waals surface area (Å²) in [6.07, 6.45) is -1.20. The molecule has 142 valence electrons. The topological polar surface area (TPSA) is 111 Å². The van der Waals surface area contributed by atoms with Gasteiger partial charge in [-0.25, -0.2) is 9.29 Å². The smallest absolute Gasteiger partial charge is 0.279 e. The van der Waals surface area contributed by atoms with Crippen LogP contribution in [0.4, 0.5) is 15.8 Å². The SMILES string of the molecule is COc1ccc([N+](=O)[O-])cc1N1C(=O)[C@H]2C(c3ccc(F)cc3)=NO[C@@H]2C1=O. The zero-order valence-electron chi connectivity index (χ0n) is 14.4. The predicted octanol–water partition coefficient (Wildman–Crippen LogP) is 2.03. The molecule has 0 bridgehead atoms. The maximum Gasteiger partial charge on any atom is 0.279 e. The lowest BCUT2D eigenvalue weighted by Gasteiger charge is -2.18. The van der Waals surface area contributed by atoms with E-state index in [1.807, 2.05) is 0 Å². The number of benzene rings is 2. The van der Waals surface area contributed by atoms with Gasteiger partial charge in [-0.05, 0) is 18.2 Å². The van der Waals surface area contributed by atoms with Crippen LogP contribution in [0.25, 0.3) is 0 Å². The van der Waals surface area contributed by atoms with Crippen LogP contribution >= 0.6 is 0 Å². The third-order valence-electron chi connectivity index (χ3n) is 4.57. The summed E-state index contributed by atoms with van der Waals surface area (Å²) in [5.41, 5.74) is 0.267. The number of ether oxygens (including phenoxy) is 1. The number of carbonyl (C=O) groups excluding carboxylic acids is 2. The van der Waals surface area contributed by atoms with Crippen LogP contribution in [-0.2, 0) is 14.4 Å². The molecule has 0 aromatic heterocycles. The van der Waals surface area contributed by atoms with Crippen molar-refractivity contribution >= 4 is 28.9 Å². The van der Waals surface area contributed by atoms with Crippen LogP contribution in [0.1, 0.15) is 5.56 Å². The number of oxime groups is 1. The number of nitro benzene ring substituents is 1. The van der Waals surface area contributed by atoms with Gasteiger partial charge in [-0.2, -0.15) is 0 Å². The lowest BCUT2D eigenvalue weighted by atomic mass is 9.94. The Kier molecular flexibility index (Phi) is 4.03. The molecule has 10 heteroatoms. The quantitative estimate of drug-likeness (QED) is 0.452. The van der Waals surface area contributed by atoms with E-state index in [9.17, 15) is 24.1 Å². The molecule has 4 rings (SSSR count). The second-order valence-corrected chi connectivity index (χ2v) is 6.11. The van der Waals surface area contributed by atoms with Crippen molar-refractivity contribution in [3.05, 3.63) is 64.0 Å². The number of rotatable bonds is 4. The van der Waals surface area contributed by atoms with Gasteiger partial charge in [0.05, 0.1) is 12.0 Å². The monoisotopic (exact) mass is 385 g/mol. The van der Waals surface area contributed by atoms with E-state index in [-0.39, 0.29) is 22.8 Å². The Bertz CT molecular complexity index is 1040. The van der Waals surface area contributed by atoms with Gasteiger partial charge in [0.1, 0.15) is 28.9 Å². The summed E-state index contributed by atoms with van der Waals surface area (Å²) < 4.78 is 18.3. The Balaban J connectivity index is 1.75. The van der Waals surface area contributed by atoms with Gasteiger partial charge in [-0.1, -0.05) is 17.3 Å². The number of nitrogens with zero attached hydrogens (tertiary/aromatic N) is 3. The number of halogens is 1. The summed E-state index contributed by atoms with van der Waals surface area (Å²) in [6.45, 7) is 0. The van der Waals surface area contributed by atoms with Crippen LogP contribution in [0, 0.1) is 21.8 Å². The lowest BCUT2D eigenvalue weighted by Crippen LogP contribution is -2.33. The Morgan fingerprint density at radius 2 is 1.89 bits per heavy atom. The second-order valence-electron chi connectivity index (χ2n) is 6.11. The Labute approximate surface area is 157 Å². The first-order valence-electron chi connectivity index (χ1n) is 8.12. The largest absolute Gasteiger partial charge is 0.495 e. The number of carbonyl (C=O) groups is 2. The zero-order chi connectivity index (χ0) is 20.0. The maximum atomic E-state index is 13.2. The van der Waals surface area contributed by atoms with Crippen molar-refractivity contribution in [1.29, 1.82) is 0 Å². The van der Waals surface area contributed by atoms with Crippen LogP contribution in [0.5, 0.6) is 5.75 Å². The van der Waals surface area contributed by atoms with Crippen molar-refractivity contribution in [2.45, 2.75) is 6.10 Å². The third kappa shape index (κ3) is 2.57. The molecule has 0 aliphatic carbocycles. The molecule has 1 fully saturated rings. The van der Waals surface area contributed by atoms with Crippen LogP contribution in [0.2, 0.25) is 0 Å². The first-order chi connectivity index (χ1) is 13.4. The number of hydrogen-bond acceptors (Lipinski definition) is 7. The van der Waals surface area contributed by atoms with E-state index in [0.29, 0.717) is 5.56 Å². The van der Waals surface area contributed by atoms with Gasteiger partial charge in [-0.3, -0.25) is 19.7 Å². The number of amides is 2. The highest BCUT2D eigenvalue weighted by molar-refractivity contribution is 6.32. The molecule has 0 unspecified atom stereocenters. The van der Waals surface area contributed by atoms with E-state index in [4.69, 9.17) is 9.57 Å². The maximum absolute atomic E-state index is 13.2. The van der Waals surface area contributed by atoms with Gasteiger partial charge in [-0.15, -0.1) is 0 Å². The first-order valence-corrected chi connectivity index (χ1v) is 8.12. The summed E-state index contributed by atoms with van der Waals surface area (Å²) in [7, 11) is 1.32. The standard InChI is InChI=1S/C18H12FN3O6/c1-27-13-7-6-11(22(25)26)8-12(13)21-17(23)14-15(20-28-16(14)18(21)24)9-2-4-10(19)5-3-9/h2-8,14,16H,1H3/t14-,16-/m0/s1. The van der Waals surface area contributed by atoms with E-state index in [1.54, 1.807) is 0 Å². The molecule has 2 aliphatic rings. The molecule has 2 amide bonds. The van der Waals surface area contributed by atoms with Gasteiger partial charge >= 0.3 is 0 Å². The highest BCUT2D eigenvalue weighted by Crippen LogP contribution is 2.40. The fraction of sp³-hybridized carbons (Fsp3) is 0.167. The van der Waals surface area contributed by atoms with Crippen molar-refractivity contribution in [3.63, 3.8) is 0 Å². The summed E-state index contributed by atoms with van der Waals surface area (Å²) in [6, 6.07) is 8.85. The van der Waals surface area contributed by atoms with Crippen LogP contribution < -0.4 is 9.64 Å². The van der Waals surface area contributed by atoms with Gasteiger partial charge < -0.3 is 9.57 Å². The minimum absolute atomic E-state index is 0.0526. The number of non-ortho nitro benzene ring substituents is 1. The minimum Gasteiger partial charge on any atom is -0.495 e. The fourth-order valence-electron chi connectivity index (χ4n) is 3.24. The van der Waals surface area contributed by atoms with Crippen molar-refractivity contribution in [3.8, 4) is 5.75 Å². The Morgan fingerprint density at radius 3 is 2.54 bits per heavy atom. The van der Waals surface area contributed by atoms with Crippen molar-refractivity contribution in [1.82, 2.24) is 0 Å². The number of hydrogen-bond donors (Lipinski definition) is 0. The van der Waals surface area contributed by atoms with Crippen LogP contribution in [0.3, 0.4) is 0 Å². The molecule has 28 heavy (non-hydrogen) atoms. The second kappa shape index (κ2) is 6.41. The third-order valence-corrected chi connectivity index (χ3v) is 4.57. The zero-order valence-corrected chi connectivity index (χ0v) is 14.4. The van der Waals surface area contributed by atoms with E-state index >= 15 is 0 Å². The number of methoxy groups -OCH3 is 1. The molecule has 0 spiro atoms. The van der Waals surface area contributed by atoms with Gasteiger partial charge in [0, 0.05) is 17.7 Å². The van der Waals surface area contributed by atoms with Crippen molar-refractivity contribution < 1.29 is 28.5 Å². The van der Waals surface area contributed by atoms with Crippen molar-refractivity contribution in [2.24, 2.45) is 11.1 Å². The number of anilines is 1. The molecule has 0 N–H and O–H groups in total. The van der Waals surface area contributed by atoms with E-state index in [1.165, 1.54) is 43.5 Å². The Hall–Kier alpha value is -3.82. The summed E-state index contributed by atoms with van der Waals surface area (Å²) in [5.74, 6) is -2.75. The molecule has 2 atom stereocenters. The molecule has 2 heterocycles. The molecular weight excluding hydrogens is 373 g/mol. The highest BCUT2D eigenvalue weighted by atomic mass is 19.1. The predicted molar refractivity (Wildman–Crippen MR) is 93.4 cm³/mol. The molecular formula is C18H12FN3O6. The lowest BCUT2D eigenvalue weighted by molar-refractivity contribution is -0.384. The fourth-order valence-corrected chi connectivity index (χ4v) is 3.24. The minimum atomic E-state index is -1.20. The summed E-state index contributed by atoms with van der Waals surface area (Å²) in [5, 5.41) is 14.9. The van der Waals surface area contributed by atoms with Crippen LogP contribution in [0.15, 0.2) is 47.6 Å². The molecule has 2 aromatic rings. The summed E-state index contributed by atoms with van der Waals surface area (Å²) in [4.78, 5) is 42.3. The van der Waals surface area contributed by atoms with Gasteiger partial charge in [0.2, 0.25) is 12.0 Å². The van der Waals surface area contributed by atoms with Gasteiger partial charge in [0.25, 0.3) is 11.6 Å². The van der Waals surface area contributed by atoms with E-state index in [2.05, 4.69) is 5.16 Å². The Morgan fingerprint density at radius 1 is 1.18 bits per heavy atom. The summed E-state index contributed by atoms with van der Waals surface area (Å²) >= 11 is 0. The number of nitro groups is 1.